The molecule has 6 heteroatoms. The maximum absolute atomic E-state index is 13.6. The number of aromatic amines is 1. The van der Waals surface area contributed by atoms with Crippen LogP contribution >= 0.6 is 39.7 Å². The molecule has 0 unspecified atom stereocenters. The molecule has 1 heterocycles. The van der Waals surface area contributed by atoms with Gasteiger partial charge < -0.3 is 4.98 Å². The fourth-order valence-electron chi connectivity index (χ4n) is 2.13. The van der Waals surface area contributed by atoms with Gasteiger partial charge in [-0.05, 0) is 71.0 Å². The van der Waals surface area contributed by atoms with Crippen LogP contribution in [0, 0.1) is 17.5 Å². The van der Waals surface area contributed by atoms with E-state index in [1.54, 1.807) is 19.1 Å². The summed E-state index contributed by atoms with van der Waals surface area (Å²) in [5.41, 5.74) is 2.86. The van der Waals surface area contributed by atoms with Crippen molar-refractivity contribution in [3.05, 3.63) is 56.0 Å². The molecule has 0 atom stereocenters. The topological polar surface area (TPSA) is 20.7 Å². The molecule has 0 saturated carbocycles. The van der Waals surface area contributed by atoms with Crippen LogP contribution < -0.4 is 0 Å². The van der Waals surface area contributed by atoms with Gasteiger partial charge in [0, 0.05) is 9.50 Å². The van der Waals surface area contributed by atoms with Crippen molar-refractivity contribution in [2.75, 3.05) is 0 Å². The van der Waals surface area contributed by atoms with Gasteiger partial charge in [-0.15, -0.1) is 0 Å². The second-order valence-corrected chi connectivity index (χ2v) is 6.16. The molecule has 0 spiro atoms. The van der Waals surface area contributed by atoms with E-state index in [4.69, 9.17) is 23.8 Å². The second-order valence-electron chi connectivity index (χ2n) is 4.48. The third-order valence-electron chi connectivity index (χ3n) is 3.11. The van der Waals surface area contributed by atoms with Crippen molar-refractivity contribution in [1.82, 2.24) is 9.55 Å². The first-order valence-electron chi connectivity index (χ1n) is 5.83. The number of benzene rings is 2. The Labute approximate surface area is 133 Å². The Kier molecular flexibility index (Phi) is 3.44. The summed E-state index contributed by atoms with van der Waals surface area (Å²) in [5, 5.41) is 0.610. The summed E-state index contributed by atoms with van der Waals surface area (Å²) in [6.45, 7) is 1.72. The minimum atomic E-state index is -0.258. The molecular weight excluding hydrogens is 363 g/mol. The maximum Gasteiger partial charge on any atom is 0.182 e. The van der Waals surface area contributed by atoms with Crippen LogP contribution in [0.1, 0.15) is 5.56 Å². The summed E-state index contributed by atoms with van der Waals surface area (Å²) in [6, 6.07) is 8.68. The molecule has 0 fully saturated rings. The summed E-state index contributed by atoms with van der Waals surface area (Å²) < 4.78 is 16.8. The third kappa shape index (κ3) is 2.20. The van der Waals surface area contributed by atoms with E-state index in [-0.39, 0.29) is 5.82 Å². The lowest BCUT2D eigenvalue weighted by atomic mass is 10.2. The van der Waals surface area contributed by atoms with Crippen molar-refractivity contribution in [2.45, 2.75) is 6.92 Å². The number of hydrogen-bond donors (Lipinski definition) is 1. The van der Waals surface area contributed by atoms with Crippen LogP contribution in [0.2, 0.25) is 5.02 Å². The van der Waals surface area contributed by atoms with E-state index in [0.717, 1.165) is 15.7 Å². The highest BCUT2D eigenvalue weighted by Gasteiger charge is 2.12. The van der Waals surface area contributed by atoms with Crippen LogP contribution in [0.5, 0.6) is 0 Å². The quantitative estimate of drug-likeness (QED) is 0.556. The van der Waals surface area contributed by atoms with E-state index >= 15 is 0 Å². The summed E-state index contributed by atoms with van der Waals surface area (Å²) in [4.78, 5) is 3.01. The predicted octanol–water partition coefficient (Wildman–Crippen LogP) is 5.55. The van der Waals surface area contributed by atoms with Gasteiger partial charge in [0.2, 0.25) is 0 Å². The molecule has 3 rings (SSSR count). The molecule has 0 radical (unpaired) electrons. The van der Waals surface area contributed by atoms with Gasteiger partial charge in [-0.3, -0.25) is 4.57 Å². The number of halogens is 3. The van der Waals surface area contributed by atoms with Gasteiger partial charge in [0.15, 0.2) is 4.77 Å². The number of aromatic nitrogens is 2. The Morgan fingerprint density at radius 2 is 2.05 bits per heavy atom. The number of nitrogens with one attached hydrogen (secondary N) is 1. The molecule has 0 saturated heterocycles. The minimum Gasteiger partial charge on any atom is -0.330 e. The number of hydrogen-bond acceptors (Lipinski definition) is 1. The average molecular weight is 372 g/mol. The van der Waals surface area contributed by atoms with E-state index in [2.05, 4.69) is 20.9 Å². The van der Waals surface area contributed by atoms with E-state index in [1.165, 1.54) is 6.07 Å². The predicted molar refractivity (Wildman–Crippen MR) is 85.9 cm³/mol. The van der Waals surface area contributed by atoms with Gasteiger partial charge in [0.25, 0.3) is 0 Å². The molecule has 1 N–H and O–H groups in total. The van der Waals surface area contributed by atoms with Crippen molar-refractivity contribution >= 4 is 50.8 Å². The number of nitrogens with zero attached hydrogens (tertiary/aromatic N) is 1. The molecule has 20 heavy (non-hydrogen) atoms. The van der Waals surface area contributed by atoms with E-state index in [0.29, 0.717) is 20.9 Å². The lowest BCUT2D eigenvalue weighted by Crippen LogP contribution is -1.96. The molecular formula is C14H9BrClFN2S. The standard InChI is InChI=1S/C14H9BrClFN2S/c1-7-4-13-11(6-10(7)17)18-14(20)19(13)12-5-8(16)2-3-9(12)15/h2-6H,1H3,(H,18,20). The van der Waals surface area contributed by atoms with Crippen LogP contribution in [0.4, 0.5) is 4.39 Å². The molecule has 0 aliphatic heterocycles. The smallest absolute Gasteiger partial charge is 0.182 e. The number of imidazole rings is 1. The summed E-state index contributed by atoms with van der Waals surface area (Å²) in [6.07, 6.45) is 0. The van der Waals surface area contributed by atoms with E-state index in [9.17, 15) is 4.39 Å². The molecule has 0 bridgehead atoms. The van der Waals surface area contributed by atoms with Gasteiger partial charge in [0.1, 0.15) is 5.82 Å². The first kappa shape index (κ1) is 13.8. The highest BCUT2D eigenvalue weighted by Crippen LogP contribution is 2.29. The lowest BCUT2D eigenvalue weighted by Gasteiger charge is -2.08. The highest BCUT2D eigenvalue weighted by atomic mass is 79.9. The molecule has 2 aromatic carbocycles. The normalized spacial score (nSPS) is 11.2. The summed E-state index contributed by atoms with van der Waals surface area (Å²) >= 11 is 14.9. The van der Waals surface area contributed by atoms with Crippen LogP contribution in [-0.2, 0) is 0 Å². The zero-order chi connectivity index (χ0) is 14.4. The van der Waals surface area contributed by atoms with Crippen molar-refractivity contribution in [1.29, 1.82) is 0 Å². The molecule has 0 amide bonds. The highest BCUT2D eigenvalue weighted by molar-refractivity contribution is 9.10. The molecule has 1 aromatic heterocycles. The molecule has 0 aliphatic rings. The Balaban J connectivity index is 2.42. The largest absolute Gasteiger partial charge is 0.330 e. The first-order chi connectivity index (χ1) is 9.47. The van der Waals surface area contributed by atoms with Crippen LogP contribution in [0.25, 0.3) is 16.7 Å². The Hall–Kier alpha value is -1.17. The molecule has 102 valence electrons. The second kappa shape index (κ2) is 4.98. The van der Waals surface area contributed by atoms with Crippen LogP contribution in [0.3, 0.4) is 0 Å². The maximum atomic E-state index is 13.6. The van der Waals surface area contributed by atoms with E-state index in [1.807, 2.05) is 16.7 Å². The lowest BCUT2D eigenvalue weighted by molar-refractivity contribution is 0.620. The van der Waals surface area contributed by atoms with Crippen LogP contribution in [-0.4, -0.2) is 9.55 Å². The van der Waals surface area contributed by atoms with Gasteiger partial charge >= 0.3 is 0 Å². The van der Waals surface area contributed by atoms with Crippen molar-refractivity contribution < 1.29 is 4.39 Å². The number of aryl methyl sites for hydroxylation is 1. The first-order valence-corrected chi connectivity index (χ1v) is 7.41. The van der Waals surface area contributed by atoms with E-state index < -0.39 is 0 Å². The fourth-order valence-corrected chi connectivity index (χ4v) is 3.03. The van der Waals surface area contributed by atoms with Crippen molar-refractivity contribution in [2.24, 2.45) is 0 Å². The summed E-state index contributed by atoms with van der Waals surface area (Å²) in [5.74, 6) is -0.258. The zero-order valence-corrected chi connectivity index (χ0v) is 13.5. The number of fused-ring (bicyclic) bond motifs is 1. The number of H-pyrrole nitrogens is 1. The van der Waals surface area contributed by atoms with Crippen LogP contribution in [0.15, 0.2) is 34.8 Å². The summed E-state index contributed by atoms with van der Waals surface area (Å²) in [7, 11) is 0. The Morgan fingerprint density at radius 1 is 1.30 bits per heavy atom. The van der Waals surface area contributed by atoms with Gasteiger partial charge in [-0.1, -0.05) is 11.6 Å². The Morgan fingerprint density at radius 3 is 2.80 bits per heavy atom. The zero-order valence-electron chi connectivity index (χ0n) is 10.4. The van der Waals surface area contributed by atoms with Crippen molar-refractivity contribution in [3.8, 4) is 5.69 Å². The molecule has 0 aliphatic carbocycles. The fraction of sp³-hybridized carbons (Fsp3) is 0.0714. The third-order valence-corrected chi connectivity index (χ3v) is 4.30. The van der Waals surface area contributed by atoms with Gasteiger partial charge in [-0.25, -0.2) is 4.39 Å². The minimum absolute atomic E-state index is 0.258. The Bertz CT molecular complexity index is 885. The molecule has 2 nitrogen and oxygen atoms in total. The number of rotatable bonds is 1. The SMILES string of the molecule is Cc1cc2c(cc1F)[nH]c(=S)n2-c1cc(Cl)ccc1Br. The average Bonchev–Trinajstić information content (AvgIpc) is 2.69. The van der Waals surface area contributed by atoms with Gasteiger partial charge in [0.05, 0.1) is 16.7 Å². The molecule has 3 aromatic rings. The monoisotopic (exact) mass is 370 g/mol. The van der Waals surface area contributed by atoms with Crippen molar-refractivity contribution in [3.63, 3.8) is 0 Å². The van der Waals surface area contributed by atoms with Gasteiger partial charge in [-0.2, -0.15) is 0 Å².